The predicted octanol–water partition coefficient (Wildman–Crippen LogP) is 6.94. The summed E-state index contributed by atoms with van der Waals surface area (Å²) in [6, 6.07) is 18.0. The number of hydrogen-bond donors (Lipinski definition) is 3. The van der Waals surface area contributed by atoms with Gasteiger partial charge in [-0.2, -0.15) is 0 Å². The molecule has 0 fully saturated rings. The van der Waals surface area contributed by atoms with Crippen molar-refractivity contribution in [2.24, 2.45) is 0 Å². The van der Waals surface area contributed by atoms with Crippen molar-refractivity contribution in [1.29, 1.82) is 0 Å². The standard InChI is InChI=1S/C32H33Cl2FN2O4/c1-40-29-18-26(27(35)17-21(29)19-36-14-16-39)24-10-5-8-22(30(24)33)23-9-6-11-25(31(23)34)28-13-12-20(7-3-4-15-38)32(37-28)41-2/h5-6,8-13,17-18,36,38-39H,3-4,7,14-16,19H2,1-2H3. The summed E-state index contributed by atoms with van der Waals surface area (Å²) in [5, 5.41) is 22.0. The smallest absolute Gasteiger partial charge is 0.216 e. The van der Waals surface area contributed by atoms with Crippen molar-refractivity contribution < 1.29 is 24.1 Å². The Kier molecular flexibility index (Phi) is 11.0. The van der Waals surface area contributed by atoms with Crippen LogP contribution in [0.5, 0.6) is 11.6 Å². The van der Waals surface area contributed by atoms with Crippen LogP contribution in [-0.4, -0.2) is 49.2 Å². The van der Waals surface area contributed by atoms with Crippen LogP contribution < -0.4 is 14.8 Å². The molecular formula is C32H33Cl2FN2O4. The molecule has 0 saturated heterocycles. The summed E-state index contributed by atoms with van der Waals surface area (Å²) in [5.41, 5.74) is 5.08. The maximum atomic E-state index is 15.4. The molecule has 3 aromatic carbocycles. The molecule has 0 spiro atoms. The number of aliphatic hydroxyl groups excluding tert-OH is 2. The molecule has 0 aliphatic rings. The van der Waals surface area contributed by atoms with Gasteiger partial charge >= 0.3 is 0 Å². The largest absolute Gasteiger partial charge is 0.496 e. The van der Waals surface area contributed by atoms with Crippen molar-refractivity contribution in [2.75, 3.05) is 34.0 Å². The average molecular weight is 600 g/mol. The number of halogens is 3. The zero-order chi connectivity index (χ0) is 29.4. The van der Waals surface area contributed by atoms with E-state index >= 15 is 4.39 Å². The number of nitrogens with zero attached hydrogens (tertiary/aromatic N) is 1. The zero-order valence-electron chi connectivity index (χ0n) is 23.0. The lowest BCUT2D eigenvalue weighted by atomic mass is 9.95. The molecule has 0 aliphatic carbocycles. The average Bonchev–Trinajstić information content (AvgIpc) is 2.98. The first-order valence-corrected chi connectivity index (χ1v) is 14.1. The minimum atomic E-state index is -0.444. The number of aromatic nitrogens is 1. The Morgan fingerprint density at radius 1 is 0.780 bits per heavy atom. The van der Waals surface area contributed by atoms with Gasteiger partial charge in [-0.05, 0) is 37.5 Å². The second-order valence-corrected chi connectivity index (χ2v) is 10.2. The third-order valence-corrected chi connectivity index (χ3v) is 7.63. The van der Waals surface area contributed by atoms with Gasteiger partial charge in [0, 0.05) is 58.6 Å². The van der Waals surface area contributed by atoms with Crippen molar-refractivity contribution in [3.05, 3.63) is 87.7 Å². The molecule has 0 bridgehead atoms. The molecule has 4 rings (SSSR count). The number of aliphatic hydroxyl groups is 2. The van der Waals surface area contributed by atoms with Crippen LogP contribution in [0.25, 0.3) is 33.5 Å². The first kappa shape index (κ1) is 30.8. The highest BCUT2D eigenvalue weighted by molar-refractivity contribution is 6.39. The fourth-order valence-corrected chi connectivity index (χ4v) is 5.38. The van der Waals surface area contributed by atoms with E-state index in [1.165, 1.54) is 13.2 Å². The Bertz CT molecular complexity index is 1500. The van der Waals surface area contributed by atoms with Gasteiger partial charge in [0.2, 0.25) is 5.88 Å². The summed E-state index contributed by atoms with van der Waals surface area (Å²) in [5.74, 6) is 0.579. The normalized spacial score (nSPS) is 11.1. The summed E-state index contributed by atoms with van der Waals surface area (Å²) in [4.78, 5) is 4.70. The zero-order valence-corrected chi connectivity index (χ0v) is 24.5. The lowest BCUT2D eigenvalue weighted by Gasteiger charge is -2.16. The topological polar surface area (TPSA) is 83.8 Å². The first-order chi connectivity index (χ1) is 19.9. The Morgan fingerprint density at radius 3 is 2.07 bits per heavy atom. The van der Waals surface area contributed by atoms with Crippen LogP contribution in [0.15, 0.2) is 60.7 Å². The van der Waals surface area contributed by atoms with Crippen LogP contribution in [0.2, 0.25) is 10.0 Å². The Balaban J connectivity index is 1.73. The summed E-state index contributed by atoms with van der Waals surface area (Å²) in [7, 11) is 3.11. The van der Waals surface area contributed by atoms with E-state index < -0.39 is 5.82 Å². The van der Waals surface area contributed by atoms with E-state index in [4.69, 9.17) is 47.9 Å². The fourth-order valence-electron chi connectivity index (χ4n) is 4.73. The predicted molar refractivity (Wildman–Crippen MR) is 162 cm³/mol. The number of rotatable bonds is 13. The van der Waals surface area contributed by atoms with E-state index in [9.17, 15) is 0 Å². The number of ether oxygens (including phenoxy) is 2. The molecule has 9 heteroatoms. The first-order valence-electron chi connectivity index (χ1n) is 13.3. The molecule has 6 nitrogen and oxygen atoms in total. The number of benzene rings is 3. The highest BCUT2D eigenvalue weighted by Gasteiger charge is 2.19. The van der Waals surface area contributed by atoms with Crippen LogP contribution in [0.3, 0.4) is 0 Å². The molecule has 4 aromatic rings. The van der Waals surface area contributed by atoms with Gasteiger partial charge in [-0.15, -0.1) is 0 Å². The van der Waals surface area contributed by atoms with Gasteiger partial charge in [0.15, 0.2) is 0 Å². The highest BCUT2D eigenvalue weighted by Crippen LogP contribution is 2.43. The molecule has 0 amide bonds. The van der Waals surface area contributed by atoms with Crippen LogP contribution in [0.1, 0.15) is 24.0 Å². The molecule has 0 radical (unpaired) electrons. The SMILES string of the molecule is COc1cc(-c2cccc(-c3cccc(-c4ccc(CCCCO)c(OC)n4)c3Cl)c2Cl)c(F)cc1CNCCO. The van der Waals surface area contributed by atoms with Crippen LogP contribution in [-0.2, 0) is 13.0 Å². The second kappa shape index (κ2) is 14.6. The summed E-state index contributed by atoms with van der Waals surface area (Å²) in [6.07, 6.45) is 2.28. The molecule has 41 heavy (non-hydrogen) atoms. The van der Waals surface area contributed by atoms with Gasteiger partial charge in [-0.25, -0.2) is 9.37 Å². The summed E-state index contributed by atoms with van der Waals surface area (Å²) >= 11 is 13.9. The van der Waals surface area contributed by atoms with Crippen LogP contribution in [0, 0.1) is 5.82 Å². The number of nitrogens with one attached hydrogen (secondary N) is 1. The minimum absolute atomic E-state index is 0.0185. The molecule has 216 valence electrons. The van der Waals surface area contributed by atoms with Crippen molar-refractivity contribution in [1.82, 2.24) is 10.3 Å². The van der Waals surface area contributed by atoms with Crippen molar-refractivity contribution in [3.8, 4) is 45.1 Å². The molecule has 1 heterocycles. The molecule has 0 unspecified atom stereocenters. The van der Waals surface area contributed by atoms with E-state index in [1.807, 2.05) is 42.5 Å². The molecule has 0 aliphatic heterocycles. The van der Waals surface area contributed by atoms with E-state index in [0.29, 0.717) is 80.3 Å². The highest BCUT2D eigenvalue weighted by atomic mass is 35.5. The molecule has 0 atom stereocenters. The third-order valence-electron chi connectivity index (χ3n) is 6.81. The van der Waals surface area contributed by atoms with E-state index in [2.05, 4.69) is 5.32 Å². The molecular weight excluding hydrogens is 566 g/mol. The van der Waals surface area contributed by atoms with Gasteiger partial charge < -0.3 is 25.0 Å². The fraction of sp³-hybridized carbons (Fsp3) is 0.281. The summed E-state index contributed by atoms with van der Waals surface area (Å²) in [6.45, 7) is 0.862. The Hall–Kier alpha value is -3.20. The van der Waals surface area contributed by atoms with Gasteiger partial charge in [-0.1, -0.05) is 65.7 Å². The lowest BCUT2D eigenvalue weighted by molar-refractivity contribution is 0.284. The maximum Gasteiger partial charge on any atom is 0.216 e. The maximum absolute atomic E-state index is 15.4. The number of pyridine rings is 1. The Morgan fingerprint density at radius 2 is 1.44 bits per heavy atom. The van der Waals surface area contributed by atoms with E-state index in [0.717, 1.165) is 18.4 Å². The Labute approximate surface area is 249 Å². The monoisotopic (exact) mass is 598 g/mol. The quantitative estimate of drug-likeness (QED) is 0.145. The van der Waals surface area contributed by atoms with Crippen LogP contribution in [0.4, 0.5) is 4.39 Å². The number of unbranched alkanes of at least 4 members (excludes halogenated alkanes) is 1. The lowest BCUT2D eigenvalue weighted by Crippen LogP contribution is -2.18. The van der Waals surface area contributed by atoms with Gasteiger partial charge in [0.1, 0.15) is 11.6 Å². The number of hydrogen-bond acceptors (Lipinski definition) is 6. The number of methoxy groups -OCH3 is 2. The van der Waals surface area contributed by atoms with Crippen LogP contribution >= 0.6 is 23.2 Å². The van der Waals surface area contributed by atoms with Gasteiger partial charge in [0.05, 0.1) is 36.6 Å². The van der Waals surface area contributed by atoms with Crippen molar-refractivity contribution in [2.45, 2.75) is 25.8 Å². The summed E-state index contributed by atoms with van der Waals surface area (Å²) < 4.78 is 26.5. The van der Waals surface area contributed by atoms with E-state index in [-0.39, 0.29) is 13.2 Å². The number of aryl methyl sites for hydroxylation is 1. The molecule has 1 aromatic heterocycles. The molecule has 0 saturated carbocycles. The minimum Gasteiger partial charge on any atom is -0.496 e. The van der Waals surface area contributed by atoms with E-state index in [1.54, 1.807) is 19.2 Å². The third kappa shape index (κ3) is 7.00. The van der Waals surface area contributed by atoms with Crippen molar-refractivity contribution in [3.63, 3.8) is 0 Å². The van der Waals surface area contributed by atoms with Gasteiger partial charge in [0.25, 0.3) is 0 Å². The van der Waals surface area contributed by atoms with Gasteiger partial charge in [-0.3, -0.25) is 0 Å². The second-order valence-electron chi connectivity index (χ2n) is 9.42. The molecule has 3 N–H and O–H groups in total. The van der Waals surface area contributed by atoms with Crippen molar-refractivity contribution >= 4 is 23.2 Å².